The van der Waals surface area contributed by atoms with E-state index in [-0.39, 0.29) is 18.9 Å². The Balaban J connectivity index is 1.87. The number of halogens is 2. The van der Waals surface area contributed by atoms with Gasteiger partial charge < -0.3 is 15.2 Å². The first-order valence-electron chi connectivity index (χ1n) is 6.16. The lowest BCUT2D eigenvalue weighted by Gasteiger charge is -2.08. The minimum atomic E-state index is -1.03. The molecule has 2 aromatic rings. The summed E-state index contributed by atoms with van der Waals surface area (Å²) in [5.41, 5.74) is 0.881. The quantitative estimate of drug-likeness (QED) is 0.890. The van der Waals surface area contributed by atoms with Gasteiger partial charge in [0.15, 0.2) is 18.2 Å². The second-order valence-corrected chi connectivity index (χ2v) is 4.27. The Morgan fingerprint density at radius 3 is 2.43 bits per heavy atom. The van der Waals surface area contributed by atoms with Gasteiger partial charge in [-0.25, -0.2) is 8.78 Å². The predicted octanol–water partition coefficient (Wildman–Crippen LogP) is 2.47. The Morgan fingerprint density at radius 1 is 1.10 bits per heavy atom. The molecule has 1 amide bonds. The molecule has 0 aliphatic heterocycles. The topological polar surface area (TPSA) is 58.6 Å². The molecular weight excluding hydrogens is 280 g/mol. The Hall–Kier alpha value is -2.47. The highest BCUT2D eigenvalue weighted by atomic mass is 19.2. The maximum absolute atomic E-state index is 13.0. The number of aliphatic hydroxyl groups is 1. The Labute approximate surface area is 120 Å². The first-order valence-corrected chi connectivity index (χ1v) is 6.16. The lowest BCUT2D eigenvalue weighted by molar-refractivity contribution is -0.118. The van der Waals surface area contributed by atoms with E-state index in [1.807, 2.05) is 0 Å². The van der Waals surface area contributed by atoms with Gasteiger partial charge in [-0.15, -0.1) is 0 Å². The van der Waals surface area contributed by atoms with Gasteiger partial charge in [-0.05, 0) is 29.8 Å². The number of hydrogen-bond acceptors (Lipinski definition) is 3. The normalized spacial score (nSPS) is 10.2. The molecule has 0 bridgehead atoms. The number of aliphatic hydroxyl groups excluding tert-OH is 1. The van der Waals surface area contributed by atoms with Crippen LogP contribution < -0.4 is 10.1 Å². The summed E-state index contributed by atoms with van der Waals surface area (Å²) in [4.78, 5) is 11.6. The minimum absolute atomic E-state index is 0.0725. The summed E-state index contributed by atoms with van der Waals surface area (Å²) in [6.07, 6.45) is 0. The molecule has 0 saturated carbocycles. The fourth-order valence-electron chi connectivity index (χ4n) is 1.61. The molecule has 0 fully saturated rings. The van der Waals surface area contributed by atoms with Crippen molar-refractivity contribution in [1.29, 1.82) is 0 Å². The van der Waals surface area contributed by atoms with Crippen LogP contribution in [0, 0.1) is 11.6 Å². The van der Waals surface area contributed by atoms with E-state index in [4.69, 9.17) is 9.84 Å². The number of amides is 1. The molecule has 6 heteroatoms. The van der Waals surface area contributed by atoms with Gasteiger partial charge in [-0.3, -0.25) is 4.79 Å². The van der Waals surface area contributed by atoms with E-state index in [1.54, 1.807) is 24.3 Å². The average Bonchev–Trinajstić information content (AvgIpc) is 2.49. The predicted molar refractivity (Wildman–Crippen MR) is 72.8 cm³/mol. The van der Waals surface area contributed by atoms with Crippen molar-refractivity contribution in [2.45, 2.75) is 6.61 Å². The molecule has 21 heavy (non-hydrogen) atoms. The van der Waals surface area contributed by atoms with Gasteiger partial charge in [-0.1, -0.05) is 12.1 Å². The van der Waals surface area contributed by atoms with Crippen molar-refractivity contribution in [3.05, 3.63) is 59.7 Å². The maximum atomic E-state index is 13.0. The summed E-state index contributed by atoms with van der Waals surface area (Å²) >= 11 is 0. The summed E-state index contributed by atoms with van der Waals surface area (Å²) in [7, 11) is 0. The monoisotopic (exact) mass is 293 g/mol. The number of carbonyl (C=O) groups is 1. The SMILES string of the molecule is O=C(COc1ccc(CO)cc1)Nc1ccc(F)c(F)c1. The highest BCUT2D eigenvalue weighted by Gasteiger charge is 2.07. The molecule has 0 heterocycles. The molecule has 110 valence electrons. The Kier molecular flexibility index (Phi) is 4.84. The molecule has 0 aliphatic carbocycles. The fraction of sp³-hybridized carbons (Fsp3) is 0.133. The number of carbonyl (C=O) groups excluding carboxylic acids is 1. The van der Waals surface area contributed by atoms with Crippen molar-refractivity contribution in [3.8, 4) is 5.75 Å². The largest absolute Gasteiger partial charge is 0.484 e. The summed E-state index contributed by atoms with van der Waals surface area (Å²) in [5, 5.41) is 11.3. The highest BCUT2D eigenvalue weighted by molar-refractivity contribution is 5.91. The number of benzene rings is 2. The summed E-state index contributed by atoms with van der Waals surface area (Å²) in [6, 6.07) is 9.66. The van der Waals surface area contributed by atoms with Crippen LogP contribution in [0.2, 0.25) is 0 Å². The van der Waals surface area contributed by atoms with Gasteiger partial charge in [-0.2, -0.15) is 0 Å². The molecule has 0 radical (unpaired) electrons. The molecule has 0 saturated heterocycles. The Morgan fingerprint density at radius 2 is 1.81 bits per heavy atom. The first kappa shape index (κ1) is 14.9. The smallest absolute Gasteiger partial charge is 0.262 e. The van der Waals surface area contributed by atoms with Crippen LogP contribution in [0.3, 0.4) is 0 Å². The molecular formula is C15H13F2NO3. The van der Waals surface area contributed by atoms with Crippen molar-refractivity contribution in [1.82, 2.24) is 0 Å². The zero-order valence-corrected chi connectivity index (χ0v) is 11.0. The zero-order chi connectivity index (χ0) is 15.2. The lowest BCUT2D eigenvalue weighted by Crippen LogP contribution is -2.20. The van der Waals surface area contributed by atoms with Crippen molar-refractivity contribution in [3.63, 3.8) is 0 Å². The van der Waals surface area contributed by atoms with Gasteiger partial charge in [0.1, 0.15) is 5.75 Å². The molecule has 0 unspecified atom stereocenters. The summed E-state index contributed by atoms with van der Waals surface area (Å²) in [5.74, 6) is -2.04. The van der Waals surface area contributed by atoms with E-state index >= 15 is 0 Å². The van der Waals surface area contributed by atoms with Crippen molar-refractivity contribution in [2.75, 3.05) is 11.9 Å². The van der Waals surface area contributed by atoms with E-state index in [1.165, 1.54) is 6.07 Å². The van der Waals surface area contributed by atoms with Crippen LogP contribution in [0.4, 0.5) is 14.5 Å². The van der Waals surface area contributed by atoms with Crippen LogP contribution in [0.5, 0.6) is 5.75 Å². The van der Waals surface area contributed by atoms with E-state index in [0.717, 1.165) is 17.7 Å². The third-order valence-electron chi connectivity index (χ3n) is 2.68. The summed E-state index contributed by atoms with van der Waals surface area (Å²) in [6.45, 7) is -0.339. The number of anilines is 1. The van der Waals surface area contributed by atoms with Crippen LogP contribution in [0.1, 0.15) is 5.56 Å². The second kappa shape index (κ2) is 6.81. The van der Waals surface area contributed by atoms with Gasteiger partial charge in [0.25, 0.3) is 5.91 Å². The van der Waals surface area contributed by atoms with Crippen molar-refractivity contribution in [2.24, 2.45) is 0 Å². The second-order valence-electron chi connectivity index (χ2n) is 4.27. The van der Waals surface area contributed by atoms with Crippen molar-refractivity contribution < 1.29 is 23.4 Å². The highest BCUT2D eigenvalue weighted by Crippen LogP contribution is 2.14. The van der Waals surface area contributed by atoms with E-state index in [9.17, 15) is 13.6 Å². The number of rotatable bonds is 5. The maximum Gasteiger partial charge on any atom is 0.262 e. The Bertz CT molecular complexity index is 629. The third-order valence-corrected chi connectivity index (χ3v) is 2.68. The van der Waals surface area contributed by atoms with Gasteiger partial charge in [0, 0.05) is 11.8 Å². The van der Waals surface area contributed by atoms with Crippen LogP contribution in [0.25, 0.3) is 0 Å². The number of hydrogen-bond donors (Lipinski definition) is 2. The molecule has 2 N–H and O–H groups in total. The van der Waals surface area contributed by atoms with Crippen molar-refractivity contribution >= 4 is 11.6 Å². The van der Waals surface area contributed by atoms with Gasteiger partial charge in [0.2, 0.25) is 0 Å². The van der Waals surface area contributed by atoms with Crippen LogP contribution in [0.15, 0.2) is 42.5 Å². The minimum Gasteiger partial charge on any atom is -0.484 e. The van der Waals surface area contributed by atoms with Crippen LogP contribution in [-0.4, -0.2) is 17.6 Å². The molecule has 2 rings (SSSR count). The molecule has 4 nitrogen and oxygen atoms in total. The van der Waals surface area contributed by atoms with Crippen LogP contribution in [-0.2, 0) is 11.4 Å². The van der Waals surface area contributed by atoms with Gasteiger partial charge in [0.05, 0.1) is 6.61 Å². The van der Waals surface area contributed by atoms with E-state index in [0.29, 0.717) is 5.75 Å². The summed E-state index contributed by atoms with van der Waals surface area (Å²) < 4.78 is 30.9. The van der Waals surface area contributed by atoms with Crippen LogP contribution >= 0.6 is 0 Å². The molecule has 0 aliphatic rings. The lowest BCUT2D eigenvalue weighted by atomic mass is 10.2. The number of nitrogens with one attached hydrogen (secondary N) is 1. The molecule has 0 atom stereocenters. The number of ether oxygens (including phenoxy) is 1. The fourth-order valence-corrected chi connectivity index (χ4v) is 1.61. The van der Waals surface area contributed by atoms with E-state index < -0.39 is 17.5 Å². The standard InChI is InChI=1S/C15H13F2NO3/c16-13-6-3-11(7-14(13)17)18-15(20)9-21-12-4-1-10(8-19)2-5-12/h1-7,19H,8-9H2,(H,18,20). The third kappa shape index (κ3) is 4.25. The molecule has 0 aromatic heterocycles. The van der Waals surface area contributed by atoms with E-state index in [2.05, 4.69) is 5.32 Å². The first-order chi connectivity index (χ1) is 10.1. The van der Waals surface area contributed by atoms with Gasteiger partial charge >= 0.3 is 0 Å². The molecule has 0 spiro atoms. The zero-order valence-electron chi connectivity index (χ0n) is 11.0. The average molecular weight is 293 g/mol. The molecule has 2 aromatic carbocycles.